The summed E-state index contributed by atoms with van der Waals surface area (Å²) in [7, 11) is -3.61. The molecule has 1 aromatic carbocycles. The quantitative estimate of drug-likeness (QED) is 0.631. The molecule has 1 saturated heterocycles. The van der Waals surface area contributed by atoms with Crippen molar-refractivity contribution in [3.8, 4) is 0 Å². The summed E-state index contributed by atoms with van der Waals surface area (Å²) >= 11 is 7.42. The highest BCUT2D eigenvalue weighted by molar-refractivity contribution is 7.99. The second kappa shape index (κ2) is 8.95. The van der Waals surface area contributed by atoms with Crippen molar-refractivity contribution in [2.45, 2.75) is 10.9 Å². The van der Waals surface area contributed by atoms with E-state index in [9.17, 15) is 13.2 Å². The Bertz CT molecular complexity index is 607. The number of carbonyl (C=O) groups excluding carboxylic acids is 1. The fraction of sp³-hybridized carbons (Fsp3) is 0.417. The van der Waals surface area contributed by atoms with E-state index >= 15 is 0 Å². The second-order valence-electron chi connectivity index (χ2n) is 4.42. The molecule has 0 saturated carbocycles. The predicted molar refractivity (Wildman–Crippen MR) is 91.1 cm³/mol. The number of benzene rings is 1. The molecule has 3 N–H and O–H groups in total. The summed E-state index contributed by atoms with van der Waals surface area (Å²) in [6, 6.07) is 5.82. The molecule has 22 heavy (non-hydrogen) atoms. The predicted octanol–water partition coefficient (Wildman–Crippen LogP) is 0.819. The molecule has 0 spiro atoms. The van der Waals surface area contributed by atoms with Crippen LogP contribution in [0.25, 0.3) is 0 Å². The lowest BCUT2D eigenvalue weighted by Crippen LogP contribution is -2.44. The first kappa shape index (κ1) is 19.5. The summed E-state index contributed by atoms with van der Waals surface area (Å²) < 4.78 is 26.4. The van der Waals surface area contributed by atoms with E-state index in [0.717, 1.165) is 11.6 Å². The van der Waals surface area contributed by atoms with Crippen molar-refractivity contribution in [1.29, 1.82) is 0 Å². The van der Waals surface area contributed by atoms with E-state index in [2.05, 4.69) is 15.4 Å². The third-order valence-corrected chi connectivity index (χ3v) is 5.49. The molecule has 1 amide bonds. The molecule has 6 nitrogen and oxygen atoms in total. The zero-order valence-electron chi connectivity index (χ0n) is 11.5. The van der Waals surface area contributed by atoms with Gasteiger partial charge in [0.05, 0.1) is 10.9 Å². The first-order valence-electron chi connectivity index (χ1n) is 6.33. The van der Waals surface area contributed by atoms with Gasteiger partial charge < -0.3 is 5.32 Å². The van der Waals surface area contributed by atoms with Crippen LogP contribution in [0.5, 0.6) is 0 Å². The smallest absolute Gasteiger partial charge is 0.240 e. The highest BCUT2D eigenvalue weighted by Crippen LogP contribution is 2.14. The minimum absolute atomic E-state index is 0. The first-order valence-corrected chi connectivity index (χ1v) is 9.35. The summed E-state index contributed by atoms with van der Waals surface area (Å²) in [5.74, 6) is 1.39. The average Bonchev–Trinajstić information content (AvgIpc) is 2.97. The largest absolute Gasteiger partial charge is 0.353 e. The molecule has 1 atom stereocenters. The van der Waals surface area contributed by atoms with E-state index in [4.69, 9.17) is 11.6 Å². The van der Waals surface area contributed by atoms with Crippen LogP contribution in [0, 0.1) is 0 Å². The number of nitrogens with one attached hydrogen (secondary N) is 3. The van der Waals surface area contributed by atoms with E-state index in [0.29, 0.717) is 5.02 Å². The SMILES string of the molecule is Cl.O=C(NCCNS(=O)(=O)c1cccc(Cl)c1)C1CSCN1. The van der Waals surface area contributed by atoms with Gasteiger partial charge in [0.2, 0.25) is 15.9 Å². The minimum atomic E-state index is -3.61. The topological polar surface area (TPSA) is 87.3 Å². The van der Waals surface area contributed by atoms with Crippen molar-refractivity contribution < 1.29 is 13.2 Å². The average molecular weight is 386 g/mol. The number of halogens is 2. The number of rotatable bonds is 6. The molecule has 1 heterocycles. The van der Waals surface area contributed by atoms with Crippen LogP contribution < -0.4 is 15.4 Å². The lowest BCUT2D eigenvalue weighted by Gasteiger charge is -2.11. The Kier molecular flexibility index (Phi) is 7.95. The molecule has 1 unspecified atom stereocenters. The molecule has 2 rings (SSSR count). The Morgan fingerprint density at radius 3 is 2.82 bits per heavy atom. The highest BCUT2D eigenvalue weighted by Gasteiger charge is 2.22. The monoisotopic (exact) mass is 385 g/mol. The molecular weight excluding hydrogens is 369 g/mol. The molecular formula is C12H17Cl2N3O3S2. The summed E-state index contributed by atoms with van der Waals surface area (Å²) in [4.78, 5) is 11.8. The number of thioether (sulfide) groups is 1. The van der Waals surface area contributed by atoms with Crippen LogP contribution in [0.15, 0.2) is 29.2 Å². The van der Waals surface area contributed by atoms with Crippen molar-refractivity contribution in [3.63, 3.8) is 0 Å². The van der Waals surface area contributed by atoms with E-state index < -0.39 is 10.0 Å². The van der Waals surface area contributed by atoms with Gasteiger partial charge in [-0.1, -0.05) is 17.7 Å². The van der Waals surface area contributed by atoms with Gasteiger partial charge in [-0.3, -0.25) is 10.1 Å². The van der Waals surface area contributed by atoms with E-state index in [1.165, 1.54) is 12.1 Å². The van der Waals surface area contributed by atoms with Gasteiger partial charge >= 0.3 is 0 Å². The van der Waals surface area contributed by atoms with Crippen molar-refractivity contribution in [2.75, 3.05) is 24.7 Å². The lowest BCUT2D eigenvalue weighted by molar-refractivity contribution is -0.122. The molecule has 1 fully saturated rings. The molecule has 0 bridgehead atoms. The number of hydrogen-bond donors (Lipinski definition) is 3. The molecule has 0 radical (unpaired) electrons. The van der Waals surface area contributed by atoms with Crippen LogP contribution in [0.3, 0.4) is 0 Å². The Labute approximate surface area is 145 Å². The van der Waals surface area contributed by atoms with E-state index in [-0.39, 0.29) is 42.3 Å². The van der Waals surface area contributed by atoms with Crippen LogP contribution >= 0.6 is 35.8 Å². The number of amides is 1. The van der Waals surface area contributed by atoms with Crippen LogP contribution in [-0.2, 0) is 14.8 Å². The van der Waals surface area contributed by atoms with E-state index in [1.54, 1.807) is 23.9 Å². The molecule has 0 aromatic heterocycles. The maximum absolute atomic E-state index is 12.0. The molecule has 10 heteroatoms. The zero-order chi connectivity index (χ0) is 15.3. The van der Waals surface area contributed by atoms with Gasteiger partial charge in [-0.05, 0) is 18.2 Å². The van der Waals surface area contributed by atoms with Gasteiger partial charge in [-0.2, -0.15) is 0 Å². The second-order valence-corrected chi connectivity index (χ2v) is 7.65. The summed E-state index contributed by atoms with van der Waals surface area (Å²) in [5.41, 5.74) is 0. The number of carbonyl (C=O) groups is 1. The Hall–Kier alpha value is -0.510. The van der Waals surface area contributed by atoms with Gasteiger partial charge in [0, 0.05) is 29.7 Å². The Morgan fingerprint density at radius 2 is 2.18 bits per heavy atom. The van der Waals surface area contributed by atoms with Gasteiger partial charge in [0.15, 0.2) is 0 Å². The van der Waals surface area contributed by atoms with Crippen LogP contribution in [0.1, 0.15) is 0 Å². The number of sulfonamides is 1. The Balaban J connectivity index is 0.00000242. The minimum Gasteiger partial charge on any atom is -0.353 e. The van der Waals surface area contributed by atoms with Gasteiger partial charge in [0.25, 0.3) is 0 Å². The summed E-state index contributed by atoms with van der Waals surface area (Å²) in [6.45, 7) is 0.363. The maximum Gasteiger partial charge on any atom is 0.240 e. The van der Waals surface area contributed by atoms with E-state index in [1.807, 2.05) is 0 Å². The summed E-state index contributed by atoms with van der Waals surface area (Å²) in [6.07, 6.45) is 0. The molecule has 0 aliphatic carbocycles. The number of hydrogen-bond acceptors (Lipinski definition) is 5. The van der Waals surface area contributed by atoms with Crippen LogP contribution in [-0.4, -0.2) is 45.1 Å². The highest BCUT2D eigenvalue weighted by atomic mass is 35.5. The molecule has 1 aliphatic rings. The van der Waals surface area contributed by atoms with Crippen molar-refractivity contribution in [1.82, 2.24) is 15.4 Å². The van der Waals surface area contributed by atoms with Gasteiger partial charge in [-0.15, -0.1) is 24.2 Å². The van der Waals surface area contributed by atoms with Crippen molar-refractivity contribution in [2.24, 2.45) is 0 Å². The fourth-order valence-corrected chi connectivity index (χ4v) is 4.05. The molecule has 1 aromatic rings. The van der Waals surface area contributed by atoms with Crippen molar-refractivity contribution >= 4 is 51.7 Å². The van der Waals surface area contributed by atoms with Gasteiger partial charge in [0.1, 0.15) is 0 Å². The summed E-state index contributed by atoms with van der Waals surface area (Å²) in [5, 5.41) is 6.09. The Morgan fingerprint density at radius 1 is 1.41 bits per heavy atom. The third-order valence-electron chi connectivity index (χ3n) is 2.86. The first-order chi connectivity index (χ1) is 9.99. The van der Waals surface area contributed by atoms with Crippen molar-refractivity contribution in [3.05, 3.63) is 29.3 Å². The zero-order valence-corrected chi connectivity index (χ0v) is 14.7. The third kappa shape index (κ3) is 5.60. The standard InChI is InChI=1S/C12H16ClN3O3S2.ClH/c13-9-2-1-3-10(6-9)21(18,19)16-5-4-14-12(17)11-7-20-8-15-11;/h1-3,6,11,15-16H,4-5,7-8H2,(H,14,17);1H. The van der Waals surface area contributed by atoms with Crippen LogP contribution in [0.2, 0.25) is 5.02 Å². The normalized spacial score (nSPS) is 17.8. The molecule has 124 valence electrons. The van der Waals surface area contributed by atoms with Gasteiger partial charge in [-0.25, -0.2) is 13.1 Å². The maximum atomic E-state index is 12.0. The van der Waals surface area contributed by atoms with Crippen LogP contribution in [0.4, 0.5) is 0 Å². The fourth-order valence-electron chi connectivity index (χ4n) is 1.78. The molecule has 1 aliphatic heterocycles. The lowest BCUT2D eigenvalue weighted by atomic mass is 10.3.